The lowest BCUT2D eigenvalue weighted by Gasteiger charge is -2.18. The molecule has 0 aliphatic heterocycles. The molecule has 0 bridgehead atoms. The van der Waals surface area contributed by atoms with E-state index in [0.29, 0.717) is 0 Å². The lowest BCUT2D eigenvalue weighted by atomic mass is 9.97. The number of hydrogen-bond donors (Lipinski definition) is 1. The lowest BCUT2D eigenvalue weighted by molar-refractivity contribution is -0.152. The molecule has 0 saturated carbocycles. The van der Waals surface area contributed by atoms with Crippen molar-refractivity contribution >= 4 is 12.0 Å². The lowest BCUT2D eigenvalue weighted by Crippen LogP contribution is -2.28. The highest BCUT2D eigenvalue weighted by atomic mass is 16.5. The first-order chi connectivity index (χ1) is 11.1. The van der Waals surface area contributed by atoms with E-state index in [9.17, 15) is 9.90 Å². The molecular weight excluding hydrogens is 288 g/mol. The Morgan fingerprint density at radius 1 is 1.09 bits per heavy atom. The maximum atomic E-state index is 12.1. The van der Waals surface area contributed by atoms with Gasteiger partial charge in [0.15, 0.2) is 0 Å². The molecule has 0 heterocycles. The molecule has 23 heavy (non-hydrogen) atoms. The molecule has 0 fully saturated rings. The highest BCUT2D eigenvalue weighted by molar-refractivity contribution is 5.73. The van der Waals surface area contributed by atoms with E-state index in [-0.39, 0.29) is 6.61 Å². The summed E-state index contributed by atoms with van der Waals surface area (Å²) in [6.07, 6.45) is 1.02. The summed E-state index contributed by atoms with van der Waals surface area (Å²) in [6, 6.07) is 19.2. The summed E-state index contributed by atoms with van der Waals surface area (Å²) in [7, 11) is 0. The van der Waals surface area contributed by atoms with Gasteiger partial charge in [-0.1, -0.05) is 66.7 Å². The van der Waals surface area contributed by atoms with Gasteiger partial charge in [0, 0.05) is 0 Å². The number of ether oxygens (including phenoxy) is 1. The summed E-state index contributed by atoms with van der Waals surface area (Å²) in [6.45, 7) is 3.72. The van der Waals surface area contributed by atoms with E-state index in [1.54, 1.807) is 6.92 Å². The SMILES string of the molecule is C/C(=C\c1ccccc1)[C@@H](O)[C@@H](C)C(=O)OCc1ccccc1. The molecule has 2 atom stereocenters. The standard InChI is InChI=1S/C20H22O3/c1-15(13-17-9-5-3-6-10-17)19(21)16(2)20(22)23-14-18-11-7-4-8-12-18/h3-13,16,19,21H,14H2,1-2H3/b15-13+/t16-,19-/m1/s1. The number of carbonyl (C=O) groups is 1. The van der Waals surface area contributed by atoms with E-state index in [4.69, 9.17) is 4.74 Å². The van der Waals surface area contributed by atoms with Crippen LogP contribution in [0.5, 0.6) is 0 Å². The van der Waals surface area contributed by atoms with Crippen molar-refractivity contribution < 1.29 is 14.6 Å². The topological polar surface area (TPSA) is 46.5 Å². The molecule has 0 amide bonds. The van der Waals surface area contributed by atoms with Crippen LogP contribution in [0, 0.1) is 5.92 Å². The predicted octanol–water partition coefficient (Wildman–Crippen LogP) is 3.83. The van der Waals surface area contributed by atoms with Gasteiger partial charge in [-0.05, 0) is 30.5 Å². The molecule has 0 unspecified atom stereocenters. The number of esters is 1. The molecular formula is C20H22O3. The molecule has 2 rings (SSSR count). The van der Waals surface area contributed by atoms with Gasteiger partial charge in [-0.25, -0.2) is 0 Å². The van der Waals surface area contributed by atoms with Crippen LogP contribution in [0.2, 0.25) is 0 Å². The second kappa shape index (κ2) is 8.30. The van der Waals surface area contributed by atoms with E-state index in [2.05, 4.69) is 0 Å². The van der Waals surface area contributed by atoms with Crippen LogP contribution in [0.4, 0.5) is 0 Å². The largest absolute Gasteiger partial charge is 0.461 e. The molecule has 0 saturated heterocycles. The van der Waals surface area contributed by atoms with Gasteiger partial charge in [0.1, 0.15) is 6.61 Å². The minimum atomic E-state index is -0.863. The third kappa shape index (κ3) is 5.08. The van der Waals surface area contributed by atoms with Gasteiger partial charge in [-0.15, -0.1) is 0 Å². The molecule has 0 aromatic heterocycles. The first-order valence-corrected chi connectivity index (χ1v) is 7.70. The van der Waals surface area contributed by atoms with E-state index >= 15 is 0 Å². The van der Waals surface area contributed by atoms with Crippen LogP contribution >= 0.6 is 0 Å². The normalized spacial score (nSPS) is 14.1. The molecule has 2 aromatic carbocycles. The number of benzene rings is 2. The summed E-state index contributed by atoms with van der Waals surface area (Å²) in [5.41, 5.74) is 2.66. The van der Waals surface area contributed by atoms with Crippen LogP contribution in [-0.2, 0) is 16.1 Å². The maximum absolute atomic E-state index is 12.1. The molecule has 1 N–H and O–H groups in total. The average molecular weight is 310 g/mol. The predicted molar refractivity (Wildman–Crippen MR) is 91.5 cm³/mol. The fourth-order valence-electron chi connectivity index (χ4n) is 2.28. The summed E-state index contributed by atoms with van der Waals surface area (Å²) < 4.78 is 5.29. The number of rotatable bonds is 6. The molecule has 3 heteroatoms. The Balaban J connectivity index is 1.94. The number of carbonyl (C=O) groups excluding carboxylic acids is 1. The van der Waals surface area contributed by atoms with Crippen molar-refractivity contribution in [2.45, 2.75) is 26.6 Å². The van der Waals surface area contributed by atoms with Crippen molar-refractivity contribution in [2.24, 2.45) is 5.92 Å². The Labute approximate surface area is 137 Å². The second-order valence-electron chi connectivity index (χ2n) is 5.63. The third-order valence-electron chi connectivity index (χ3n) is 3.73. The zero-order valence-electron chi connectivity index (χ0n) is 13.5. The Hall–Kier alpha value is -2.39. The Bertz CT molecular complexity index is 647. The van der Waals surface area contributed by atoms with E-state index in [1.807, 2.05) is 73.7 Å². The van der Waals surface area contributed by atoms with E-state index in [1.165, 1.54) is 0 Å². The molecule has 0 aliphatic rings. The van der Waals surface area contributed by atoms with Crippen molar-refractivity contribution in [3.8, 4) is 0 Å². The average Bonchev–Trinajstić information content (AvgIpc) is 2.60. The third-order valence-corrected chi connectivity index (χ3v) is 3.73. The van der Waals surface area contributed by atoms with Crippen LogP contribution in [0.1, 0.15) is 25.0 Å². The van der Waals surface area contributed by atoms with Gasteiger partial charge in [-0.3, -0.25) is 4.79 Å². The van der Waals surface area contributed by atoms with Gasteiger partial charge in [0.2, 0.25) is 0 Å². The summed E-state index contributed by atoms with van der Waals surface area (Å²) in [5.74, 6) is -1.01. The van der Waals surface area contributed by atoms with Crippen molar-refractivity contribution in [1.82, 2.24) is 0 Å². The van der Waals surface area contributed by atoms with Gasteiger partial charge < -0.3 is 9.84 Å². The fraction of sp³-hybridized carbons (Fsp3) is 0.250. The Morgan fingerprint density at radius 3 is 2.26 bits per heavy atom. The molecule has 0 spiro atoms. The van der Waals surface area contributed by atoms with Crippen molar-refractivity contribution in [2.75, 3.05) is 0 Å². The van der Waals surface area contributed by atoms with E-state index in [0.717, 1.165) is 16.7 Å². The first kappa shape index (κ1) is 17.0. The molecule has 0 radical (unpaired) electrons. The number of hydrogen-bond acceptors (Lipinski definition) is 3. The van der Waals surface area contributed by atoms with Crippen molar-refractivity contribution in [3.05, 3.63) is 77.4 Å². The van der Waals surface area contributed by atoms with Crippen LogP contribution in [0.3, 0.4) is 0 Å². The second-order valence-corrected chi connectivity index (χ2v) is 5.63. The van der Waals surface area contributed by atoms with Gasteiger partial charge >= 0.3 is 5.97 Å². The summed E-state index contributed by atoms with van der Waals surface area (Å²) >= 11 is 0. The molecule has 2 aromatic rings. The minimum Gasteiger partial charge on any atom is -0.461 e. The van der Waals surface area contributed by atoms with Crippen LogP contribution in [0.25, 0.3) is 6.08 Å². The first-order valence-electron chi connectivity index (χ1n) is 7.70. The van der Waals surface area contributed by atoms with Gasteiger partial charge in [0.25, 0.3) is 0 Å². The summed E-state index contributed by atoms with van der Waals surface area (Å²) in [4.78, 5) is 12.1. The Kier molecular flexibility index (Phi) is 6.12. The van der Waals surface area contributed by atoms with Crippen LogP contribution in [-0.4, -0.2) is 17.2 Å². The maximum Gasteiger partial charge on any atom is 0.311 e. The van der Waals surface area contributed by atoms with E-state index < -0.39 is 18.0 Å². The van der Waals surface area contributed by atoms with Crippen molar-refractivity contribution in [3.63, 3.8) is 0 Å². The number of aliphatic hydroxyl groups excluding tert-OH is 1. The minimum absolute atomic E-state index is 0.220. The van der Waals surface area contributed by atoms with Crippen LogP contribution < -0.4 is 0 Å². The highest BCUT2D eigenvalue weighted by Crippen LogP contribution is 2.17. The Morgan fingerprint density at radius 2 is 1.65 bits per heavy atom. The monoisotopic (exact) mass is 310 g/mol. The zero-order chi connectivity index (χ0) is 16.7. The fourth-order valence-corrected chi connectivity index (χ4v) is 2.28. The van der Waals surface area contributed by atoms with Gasteiger partial charge in [0.05, 0.1) is 12.0 Å². The molecule has 3 nitrogen and oxygen atoms in total. The smallest absolute Gasteiger partial charge is 0.311 e. The quantitative estimate of drug-likeness (QED) is 0.825. The number of aliphatic hydroxyl groups is 1. The highest BCUT2D eigenvalue weighted by Gasteiger charge is 2.24. The molecule has 120 valence electrons. The zero-order valence-corrected chi connectivity index (χ0v) is 13.5. The van der Waals surface area contributed by atoms with Gasteiger partial charge in [-0.2, -0.15) is 0 Å². The van der Waals surface area contributed by atoms with Crippen LogP contribution in [0.15, 0.2) is 66.2 Å². The van der Waals surface area contributed by atoms with Crippen molar-refractivity contribution in [1.29, 1.82) is 0 Å². The summed E-state index contributed by atoms with van der Waals surface area (Å²) in [5, 5.41) is 10.3. The molecule has 0 aliphatic carbocycles.